The van der Waals surface area contributed by atoms with Crippen LogP contribution < -0.4 is 5.32 Å². The summed E-state index contributed by atoms with van der Waals surface area (Å²) in [6, 6.07) is 14.8. The Morgan fingerprint density at radius 3 is 2.38 bits per heavy atom. The molecule has 1 atom stereocenters. The van der Waals surface area contributed by atoms with E-state index in [1.165, 1.54) is 16.7 Å². The summed E-state index contributed by atoms with van der Waals surface area (Å²) in [5, 5.41) is 3.33. The number of carbonyl (C=O) groups excluding carboxylic acids is 2. The smallest absolute Gasteiger partial charge is 0.410 e. The average Bonchev–Trinajstić information content (AvgIpc) is 2.63. The zero-order valence-electron chi connectivity index (χ0n) is 17.4. The predicted octanol–water partition coefficient (Wildman–Crippen LogP) is 5.83. The van der Waals surface area contributed by atoms with Crippen LogP contribution in [-0.2, 0) is 16.1 Å². The number of carbonyl (C=O) groups is 2. The van der Waals surface area contributed by atoms with Gasteiger partial charge in [0.25, 0.3) is 0 Å². The monoisotopic (exact) mass is 434 g/mol. The minimum atomic E-state index is -0.562. The van der Waals surface area contributed by atoms with Crippen LogP contribution in [0.5, 0.6) is 0 Å². The van der Waals surface area contributed by atoms with Crippen molar-refractivity contribution in [3.8, 4) is 0 Å². The van der Waals surface area contributed by atoms with Gasteiger partial charge < -0.3 is 15.0 Å². The van der Waals surface area contributed by atoms with Gasteiger partial charge in [0.2, 0.25) is 5.91 Å². The van der Waals surface area contributed by atoms with Crippen LogP contribution >= 0.6 is 23.4 Å². The minimum absolute atomic E-state index is 0.114. The van der Waals surface area contributed by atoms with Crippen molar-refractivity contribution in [2.45, 2.75) is 50.0 Å². The van der Waals surface area contributed by atoms with Crippen LogP contribution in [0.3, 0.4) is 0 Å². The number of para-hydroxylation sites is 1. The highest BCUT2D eigenvalue weighted by atomic mass is 35.5. The van der Waals surface area contributed by atoms with E-state index in [9.17, 15) is 9.59 Å². The van der Waals surface area contributed by atoms with Gasteiger partial charge in [0.1, 0.15) is 5.60 Å². The molecule has 2 aromatic carbocycles. The van der Waals surface area contributed by atoms with E-state index in [0.717, 1.165) is 10.5 Å². The molecule has 2 rings (SSSR count). The Morgan fingerprint density at radius 2 is 1.76 bits per heavy atom. The fourth-order valence-electron chi connectivity index (χ4n) is 2.45. The summed E-state index contributed by atoms with van der Waals surface area (Å²) < 4.78 is 5.39. The molecule has 0 saturated heterocycles. The number of thioether (sulfide) groups is 1. The Labute approximate surface area is 181 Å². The third-order valence-corrected chi connectivity index (χ3v) is 5.25. The highest BCUT2D eigenvalue weighted by molar-refractivity contribution is 8.00. The van der Waals surface area contributed by atoms with Crippen molar-refractivity contribution >= 4 is 41.1 Å². The van der Waals surface area contributed by atoms with Crippen LogP contribution in [0.15, 0.2) is 53.4 Å². The predicted molar refractivity (Wildman–Crippen MR) is 120 cm³/mol. The van der Waals surface area contributed by atoms with Gasteiger partial charge in [0.15, 0.2) is 0 Å². The fraction of sp³-hybridized carbons (Fsp3) is 0.364. The number of anilines is 1. The van der Waals surface area contributed by atoms with Crippen molar-refractivity contribution in [3.63, 3.8) is 0 Å². The largest absolute Gasteiger partial charge is 0.444 e. The van der Waals surface area contributed by atoms with Crippen molar-refractivity contribution in [3.05, 3.63) is 59.1 Å². The lowest BCUT2D eigenvalue weighted by molar-refractivity contribution is -0.115. The van der Waals surface area contributed by atoms with Gasteiger partial charge in [0, 0.05) is 22.7 Å². The summed E-state index contributed by atoms with van der Waals surface area (Å²) in [5.41, 5.74) is 0.947. The van der Waals surface area contributed by atoms with Gasteiger partial charge in [-0.2, -0.15) is 0 Å². The van der Waals surface area contributed by atoms with Crippen molar-refractivity contribution in [2.24, 2.45) is 0 Å². The van der Waals surface area contributed by atoms with Crippen LogP contribution in [0.2, 0.25) is 5.02 Å². The Morgan fingerprint density at radius 1 is 1.14 bits per heavy atom. The summed E-state index contributed by atoms with van der Waals surface area (Å²) in [7, 11) is 1.67. The third kappa shape index (κ3) is 7.63. The maximum Gasteiger partial charge on any atom is 0.410 e. The molecule has 0 spiro atoms. The molecule has 5 nitrogen and oxygen atoms in total. The molecule has 2 amide bonds. The highest BCUT2D eigenvalue weighted by Crippen LogP contribution is 2.26. The second-order valence-corrected chi connectivity index (χ2v) is 9.55. The SMILES string of the molecule is CC(Sc1ccc(Cl)cc1)C(=O)Nc1ccccc1CN(C)C(=O)OC(C)(C)C. The molecule has 0 aliphatic carbocycles. The molecule has 0 radical (unpaired) electrons. The first-order valence-electron chi connectivity index (χ1n) is 9.30. The van der Waals surface area contributed by atoms with Crippen LogP contribution in [-0.4, -0.2) is 34.8 Å². The Balaban J connectivity index is 2.03. The molecule has 7 heteroatoms. The molecule has 0 aliphatic heterocycles. The molecule has 156 valence electrons. The van der Waals surface area contributed by atoms with Gasteiger partial charge >= 0.3 is 6.09 Å². The average molecular weight is 435 g/mol. The summed E-state index contributed by atoms with van der Waals surface area (Å²) in [6.07, 6.45) is -0.412. The molecular formula is C22H27ClN2O3S. The van der Waals surface area contributed by atoms with Crippen molar-refractivity contribution in [2.75, 3.05) is 12.4 Å². The van der Waals surface area contributed by atoms with Crippen molar-refractivity contribution in [1.82, 2.24) is 4.90 Å². The molecule has 0 bridgehead atoms. The lowest BCUT2D eigenvalue weighted by atomic mass is 10.1. The maximum absolute atomic E-state index is 12.7. The van der Waals surface area contributed by atoms with E-state index in [0.29, 0.717) is 17.3 Å². The molecular weight excluding hydrogens is 408 g/mol. The number of hydrogen-bond donors (Lipinski definition) is 1. The van der Waals surface area contributed by atoms with E-state index in [-0.39, 0.29) is 11.2 Å². The van der Waals surface area contributed by atoms with E-state index < -0.39 is 11.7 Å². The van der Waals surface area contributed by atoms with E-state index in [1.807, 2.05) is 64.1 Å². The van der Waals surface area contributed by atoms with Crippen LogP contribution in [0.25, 0.3) is 0 Å². The molecule has 1 N–H and O–H groups in total. The lowest BCUT2D eigenvalue weighted by Gasteiger charge is -2.25. The highest BCUT2D eigenvalue weighted by Gasteiger charge is 2.21. The lowest BCUT2D eigenvalue weighted by Crippen LogP contribution is -2.34. The van der Waals surface area contributed by atoms with E-state index in [1.54, 1.807) is 19.2 Å². The molecule has 0 aliphatic rings. The molecule has 2 aromatic rings. The van der Waals surface area contributed by atoms with Crippen LogP contribution in [0, 0.1) is 0 Å². The number of amides is 2. The second kappa shape index (κ2) is 10.0. The van der Waals surface area contributed by atoms with E-state index in [2.05, 4.69) is 5.32 Å². The summed E-state index contributed by atoms with van der Waals surface area (Å²) in [5.74, 6) is -0.114. The minimum Gasteiger partial charge on any atom is -0.444 e. The molecule has 0 heterocycles. The summed E-state index contributed by atoms with van der Waals surface area (Å²) in [6.45, 7) is 7.65. The van der Waals surface area contributed by atoms with E-state index in [4.69, 9.17) is 16.3 Å². The molecule has 0 aromatic heterocycles. The van der Waals surface area contributed by atoms with Gasteiger partial charge in [-0.1, -0.05) is 29.8 Å². The van der Waals surface area contributed by atoms with E-state index >= 15 is 0 Å². The van der Waals surface area contributed by atoms with Gasteiger partial charge in [0.05, 0.1) is 11.8 Å². The third-order valence-electron chi connectivity index (χ3n) is 3.88. The number of rotatable bonds is 6. The Bertz CT molecular complexity index is 850. The molecule has 0 fully saturated rings. The van der Waals surface area contributed by atoms with Crippen molar-refractivity contribution in [1.29, 1.82) is 0 Å². The normalized spacial score (nSPS) is 12.2. The number of hydrogen-bond acceptors (Lipinski definition) is 4. The van der Waals surface area contributed by atoms with Gasteiger partial charge in [-0.3, -0.25) is 4.79 Å². The first kappa shape index (κ1) is 23.1. The maximum atomic E-state index is 12.7. The van der Waals surface area contributed by atoms with Gasteiger partial charge in [-0.15, -0.1) is 11.8 Å². The summed E-state index contributed by atoms with van der Waals surface area (Å²) >= 11 is 7.36. The molecule has 29 heavy (non-hydrogen) atoms. The summed E-state index contributed by atoms with van der Waals surface area (Å²) in [4.78, 5) is 27.4. The number of halogens is 1. The zero-order valence-corrected chi connectivity index (χ0v) is 18.9. The number of benzene rings is 2. The number of nitrogens with one attached hydrogen (secondary N) is 1. The first-order chi connectivity index (χ1) is 13.5. The zero-order chi connectivity index (χ0) is 21.6. The quantitative estimate of drug-likeness (QED) is 0.581. The van der Waals surface area contributed by atoms with Crippen LogP contribution in [0.1, 0.15) is 33.3 Å². The Kier molecular flexibility index (Phi) is 7.99. The molecule has 1 unspecified atom stereocenters. The topological polar surface area (TPSA) is 58.6 Å². The fourth-order valence-corrected chi connectivity index (χ4v) is 3.44. The Hall–Kier alpha value is -2.18. The standard InChI is InChI=1S/C22H27ClN2O3S/c1-15(29-18-12-10-17(23)11-13-18)20(26)24-19-9-7-6-8-16(19)14-25(5)21(27)28-22(2,3)4/h6-13,15H,14H2,1-5H3,(H,24,26). The van der Waals surface area contributed by atoms with Crippen molar-refractivity contribution < 1.29 is 14.3 Å². The second-order valence-electron chi connectivity index (χ2n) is 7.70. The number of nitrogens with zero attached hydrogens (tertiary/aromatic N) is 1. The van der Waals surface area contributed by atoms with Crippen LogP contribution in [0.4, 0.5) is 10.5 Å². The first-order valence-corrected chi connectivity index (χ1v) is 10.6. The van der Waals surface area contributed by atoms with Gasteiger partial charge in [-0.25, -0.2) is 4.79 Å². The molecule has 0 saturated carbocycles. The number of ether oxygens (including phenoxy) is 1. The van der Waals surface area contributed by atoms with Gasteiger partial charge in [-0.05, 0) is 63.6 Å².